The highest BCUT2D eigenvalue weighted by atomic mass is 16.2. The zero-order chi connectivity index (χ0) is 17.8. The molecule has 0 aliphatic carbocycles. The Balaban J connectivity index is 1.35. The number of rotatable bonds is 5. The zero-order valence-corrected chi connectivity index (χ0v) is 14.5. The van der Waals surface area contributed by atoms with E-state index in [1.807, 2.05) is 41.4 Å². The number of nitrogens with one attached hydrogen (secondary N) is 1. The van der Waals surface area contributed by atoms with E-state index in [9.17, 15) is 4.79 Å². The Morgan fingerprint density at radius 1 is 0.846 bits per heavy atom. The van der Waals surface area contributed by atoms with Crippen molar-refractivity contribution < 1.29 is 4.79 Å². The lowest BCUT2D eigenvalue weighted by molar-refractivity contribution is -0.116. The first kappa shape index (κ1) is 16.2. The number of para-hydroxylation sites is 1. The maximum atomic E-state index is 12.2. The number of nitrogens with zero attached hydrogens (tertiary/aromatic N) is 2. The lowest BCUT2D eigenvalue weighted by atomic mass is 10.0. The molecule has 0 bridgehead atoms. The number of hydrogen-bond acceptors (Lipinski definition) is 3. The van der Waals surface area contributed by atoms with Crippen LogP contribution in [-0.4, -0.2) is 28.9 Å². The SMILES string of the molecule is O=C(CN1C=CN(Cc2cccc3ccccc23)C1)Nc1ccccc1. The number of carbonyl (C=O) groups is 1. The molecule has 0 radical (unpaired) electrons. The Labute approximate surface area is 153 Å². The Morgan fingerprint density at radius 3 is 2.46 bits per heavy atom. The second-order valence-corrected chi connectivity index (χ2v) is 6.49. The molecule has 26 heavy (non-hydrogen) atoms. The van der Waals surface area contributed by atoms with E-state index >= 15 is 0 Å². The van der Waals surface area contributed by atoms with Crippen molar-refractivity contribution >= 4 is 22.4 Å². The molecule has 4 nitrogen and oxygen atoms in total. The van der Waals surface area contributed by atoms with E-state index in [4.69, 9.17) is 0 Å². The maximum Gasteiger partial charge on any atom is 0.243 e. The third-order valence-electron chi connectivity index (χ3n) is 4.51. The van der Waals surface area contributed by atoms with Crippen molar-refractivity contribution in [1.82, 2.24) is 9.80 Å². The van der Waals surface area contributed by atoms with Crippen LogP contribution in [0.5, 0.6) is 0 Å². The average Bonchev–Trinajstić information content (AvgIpc) is 3.09. The number of amides is 1. The fraction of sp³-hybridized carbons (Fsp3) is 0.136. The minimum atomic E-state index is -0.00661. The van der Waals surface area contributed by atoms with Gasteiger partial charge in [0, 0.05) is 24.6 Å². The highest BCUT2D eigenvalue weighted by molar-refractivity contribution is 5.92. The molecule has 0 spiro atoms. The molecule has 1 amide bonds. The third kappa shape index (κ3) is 3.70. The number of carbonyl (C=O) groups excluding carboxylic acids is 1. The Morgan fingerprint density at radius 2 is 1.58 bits per heavy atom. The zero-order valence-electron chi connectivity index (χ0n) is 14.5. The molecular weight excluding hydrogens is 322 g/mol. The van der Waals surface area contributed by atoms with E-state index in [1.165, 1.54) is 16.3 Å². The van der Waals surface area contributed by atoms with Crippen LogP contribution in [0.3, 0.4) is 0 Å². The van der Waals surface area contributed by atoms with Crippen LogP contribution in [0.15, 0.2) is 85.2 Å². The quantitative estimate of drug-likeness (QED) is 0.760. The standard InChI is InChI=1S/C22H21N3O/c26-22(23-20-10-2-1-3-11-20)16-25-14-13-24(17-25)15-19-9-6-8-18-7-4-5-12-21(18)19/h1-14H,15-17H2,(H,23,26). The number of fused-ring (bicyclic) bond motifs is 1. The molecule has 0 aromatic heterocycles. The molecular formula is C22H21N3O. The summed E-state index contributed by atoms with van der Waals surface area (Å²) in [6.07, 6.45) is 4.03. The van der Waals surface area contributed by atoms with Gasteiger partial charge in [0.15, 0.2) is 0 Å². The van der Waals surface area contributed by atoms with E-state index in [2.05, 4.69) is 58.9 Å². The number of benzene rings is 3. The van der Waals surface area contributed by atoms with E-state index in [1.54, 1.807) is 0 Å². The lowest BCUT2D eigenvalue weighted by Crippen LogP contribution is -2.32. The number of anilines is 1. The van der Waals surface area contributed by atoms with Gasteiger partial charge >= 0.3 is 0 Å². The molecule has 3 aromatic carbocycles. The van der Waals surface area contributed by atoms with Crippen LogP contribution in [0.1, 0.15) is 5.56 Å². The Bertz CT molecular complexity index is 931. The molecule has 0 saturated carbocycles. The molecule has 3 aromatic rings. The highest BCUT2D eigenvalue weighted by Gasteiger charge is 2.16. The van der Waals surface area contributed by atoms with Crippen LogP contribution in [0.25, 0.3) is 10.8 Å². The predicted molar refractivity (Wildman–Crippen MR) is 105 cm³/mol. The predicted octanol–water partition coefficient (Wildman–Crippen LogP) is 4.02. The van der Waals surface area contributed by atoms with Crippen molar-refractivity contribution in [3.8, 4) is 0 Å². The van der Waals surface area contributed by atoms with Crippen molar-refractivity contribution in [2.75, 3.05) is 18.5 Å². The Kier molecular flexibility index (Phi) is 4.56. The summed E-state index contributed by atoms with van der Waals surface area (Å²) < 4.78 is 0. The van der Waals surface area contributed by atoms with Gasteiger partial charge in [-0.3, -0.25) is 4.79 Å². The van der Waals surface area contributed by atoms with Gasteiger partial charge in [-0.15, -0.1) is 0 Å². The van der Waals surface area contributed by atoms with E-state index in [0.29, 0.717) is 13.2 Å². The summed E-state index contributed by atoms with van der Waals surface area (Å²) in [7, 11) is 0. The van der Waals surface area contributed by atoms with Crippen LogP contribution in [0.4, 0.5) is 5.69 Å². The molecule has 1 N–H and O–H groups in total. The topological polar surface area (TPSA) is 35.6 Å². The van der Waals surface area contributed by atoms with Crippen LogP contribution in [-0.2, 0) is 11.3 Å². The summed E-state index contributed by atoms with van der Waals surface area (Å²) in [6, 6.07) is 24.4. The first-order chi connectivity index (χ1) is 12.8. The van der Waals surface area contributed by atoms with Crippen molar-refractivity contribution in [3.05, 3.63) is 90.8 Å². The van der Waals surface area contributed by atoms with Gasteiger partial charge in [0.2, 0.25) is 5.91 Å². The van der Waals surface area contributed by atoms with E-state index in [0.717, 1.165) is 12.2 Å². The third-order valence-corrected chi connectivity index (χ3v) is 4.51. The molecule has 0 saturated heterocycles. The highest BCUT2D eigenvalue weighted by Crippen LogP contribution is 2.21. The van der Waals surface area contributed by atoms with Crippen molar-refractivity contribution in [1.29, 1.82) is 0 Å². The fourth-order valence-corrected chi connectivity index (χ4v) is 3.28. The van der Waals surface area contributed by atoms with Gasteiger partial charge in [-0.2, -0.15) is 0 Å². The van der Waals surface area contributed by atoms with Gasteiger partial charge in [-0.1, -0.05) is 60.7 Å². The molecule has 0 unspecified atom stereocenters. The molecule has 1 aliphatic heterocycles. The largest absolute Gasteiger partial charge is 0.354 e. The summed E-state index contributed by atoms with van der Waals surface area (Å²) in [5.74, 6) is -0.00661. The normalized spacial score (nSPS) is 13.4. The summed E-state index contributed by atoms with van der Waals surface area (Å²) >= 11 is 0. The first-order valence-electron chi connectivity index (χ1n) is 8.76. The molecule has 1 heterocycles. The second kappa shape index (κ2) is 7.31. The van der Waals surface area contributed by atoms with Gasteiger partial charge < -0.3 is 15.1 Å². The van der Waals surface area contributed by atoms with Gasteiger partial charge in [0.25, 0.3) is 0 Å². The molecule has 0 atom stereocenters. The molecule has 1 aliphatic rings. The smallest absolute Gasteiger partial charge is 0.243 e. The van der Waals surface area contributed by atoms with E-state index in [-0.39, 0.29) is 5.91 Å². The molecule has 130 valence electrons. The Hall–Kier alpha value is -3.27. The van der Waals surface area contributed by atoms with Crippen LogP contribution >= 0.6 is 0 Å². The first-order valence-corrected chi connectivity index (χ1v) is 8.76. The van der Waals surface area contributed by atoms with E-state index < -0.39 is 0 Å². The van der Waals surface area contributed by atoms with Crippen LogP contribution in [0.2, 0.25) is 0 Å². The van der Waals surface area contributed by atoms with Gasteiger partial charge in [0.1, 0.15) is 0 Å². The molecule has 4 heteroatoms. The minimum absolute atomic E-state index is 0.00661. The minimum Gasteiger partial charge on any atom is -0.354 e. The van der Waals surface area contributed by atoms with Crippen LogP contribution < -0.4 is 5.32 Å². The van der Waals surface area contributed by atoms with Crippen molar-refractivity contribution in [3.63, 3.8) is 0 Å². The molecule has 4 rings (SSSR count). The summed E-state index contributed by atoms with van der Waals surface area (Å²) in [5.41, 5.74) is 2.12. The average molecular weight is 343 g/mol. The van der Waals surface area contributed by atoms with Crippen molar-refractivity contribution in [2.45, 2.75) is 6.54 Å². The monoisotopic (exact) mass is 343 g/mol. The van der Waals surface area contributed by atoms with Gasteiger partial charge in [-0.05, 0) is 28.5 Å². The fourth-order valence-electron chi connectivity index (χ4n) is 3.28. The summed E-state index contributed by atoms with van der Waals surface area (Å²) in [5, 5.41) is 5.46. The summed E-state index contributed by atoms with van der Waals surface area (Å²) in [6.45, 7) is 1.89. The summed E-state index contributed by atoms with van der Waals surface area (Å²) in [4.78, 5) is 16.4. The van der Waals surface area contributed by atoms with Crippen molar-refractivity contribution in [2.24, 2.45) is 0 Å². The number of hydrogen-bond donors (Lipinski definition) is 1. The van der Waals surface area contributed by atoms with Crippen LogP contribution in [0, 0.1) is 0 Å². The second-order valence-electron chi connectivity index (χ2n) is 6.49. The lowest BCUT2D eigenvalue weighted by Gasteiger charge is -2.21. The molecule has 0 fully saturated rings. The van der Waals surface area contributed by atoms with Gasteiger partial charge in [-0.25, -0.2) is 0 Å². The maximum absolute atomic E-state index is 12.2. The van der Waals surface area contributed by atoms with Gasteiger partial charge in [0.05, 0.1) is 13.2 Å².